The van der Waals surface area contributed by atoms with Crippen LogP contribution < -0.4 is 0 Å². The summed E-state index contributed by atoms with van der Waals surface area (Å²) in [5, 5.41) is 7.00. The Balaban J connectivity index is -0.000000534. The number of aliphatic hydroxyl groups is 1. The molecule has 0 saturated heterocycles. The Kier molecular flexibility index (Phi) is 30.6. The zero-order valence-electron chi connectivity index (χ0n) is 20.5. The summed E-state index contributed by atoms with van der Waals surface area (Å²) in [6.07, 6.45) is 13.3. The van der Waals surface area contributed by atoms with Crippen molar-refractivity contribution >= 4 is 19.8 Å². The standard InChI is InChI=1S/C14H27O2PS.2C3H8.C2H6.CH4O/c1-11-5-3-7-13(9-11)15-17(18)16-14-8-4-6-12(2)10-14;2*1-3-2;2*1-2/h11-14,18H,3-10H2,1-2H3;2*3H2,1-2H3;1-2H3;2H,1H3. The van der Waals surface area contributed by atoms with E-state index in [9.17, 15) is 0 Å². The molecule has 1 N–H and O–H groups in total. The zero-order valence-corrected chi connectivity index (χ0v) is 22.3. The lowest BCUT2D eigenvalue weighted by Crippen LogP contribution is -2.22. The number of hydrogen-bond donors (Lipinski definition) is 2. The normalized spacial score (nSPS) is 27.1. The van der Waals surface area contributed by atoms with Gasteiger partial charge in [-0.2, -0.15) is 0 Å². The molecule has 0 aliphatic heterocycles. The molecular formula is C23H53O3PS. The molecule has 0 heterocycles. The van der Waals surface area contributed by atoms with Crippen molar-refractivity contribution in [3.05, 3.63) is 0 Å². The summed E-state index contributed by atoms with van der Waals surface area (Å²) >= 11 is 4.53. The minimum atomic E-state index is -0.970. The van der Waals surface area contributed by atoms with Gasteiger partial charge in [-0.25, -0.2) is 0 Å². The molecule has 28 heavy (non-hydrogen) atoms. The molecule has 2 aliphatic rings. The van der Waals surface area contributed by atoms with Crippen LogP contribution in [0.25, 0.3) is 0 Å². The molecule has 0 aromatic heterocycles. The topological polar surface area (TPSA) is 38.7 Å². The van der Waals surface area contributed by atoms with E-state index in [2.05, 4.69) is 53.8 Å². The van der Waals surface area contributed by atoms with Crippen LogP contribution in [0.2, 0.25) is 0 Å². The predicted molar refractivity (Wildman–Crippen MR) is 132 cm³/mol. The van der Waals surface area contributed by atoms with Gasteiger partial charge in [0.25, 0.3) is 0 Å². The highest BCUT2D eigenvalue weighted by Crippen LogP contribution is 2.49. The second kappa shape index (κ2) is 25.7. The van der Waals surface area contributed by atoms with Crippen molar-refractivity contribution < 1.29 is 14.2 Å². The Hall–Kier alpha value is 0.660. The van der Waals surface area contributed by atoms with Gasteiger partial charge in [0.1, 0.15) is 0 Å². The summed E-state index contributed by atoms with van der Waals surface area (Å²) in [7, 11) is 0.0301. The Morgan fingerprint density at radius 1 is 0.750 bits per heavy atom. The third kappa shape index (κ3) is 21.4. The van der Waals surface area contributed by atoms with Crippen molar-refractivity contribution in [3.8, 4) is 0 Å². The molecule has 2 saturated carbocycles. The number of thiol groups is 1. The minimum Gasteiger partial charge on any atom is -0.400 e. The summed E-state index contributed by atoms with van der Waals surface area (Å²) in [5.41, 5.74) is 0. The minimum absolute atomic E-state index is 0.387. The van der Waals surface area contributed by atoms with Gasteiger partial charge in [-0.05, 0) is 37.5 Å². The monoisotopic (exact) mass is 440 g/mol. The third-order valence-corrected chi connectivity index (χ3v) is 5.78. The maximum absolute atomic E-state index is 7.00. The molecule has 3 nitrogen and oxygen atoms in total. The Bertz CT molecular complexity index is 257. The first-order valence-corrected chi connectivity index (χ1v) is 14.1. The molecule has 2 rings (SSSR count). The van der Waals surface area contributed by atoms with Crippen molar-refractivity contribution in [1.82, 2.24) is 0 Å². The highest BCUT2D eigenvalue weighted by atomic mass is 32.7. The molecule has 0 bridgehead atoms. The summed E-state index contributed by atoms with van der Waals surface area (Å²) in [5.74, 6) is 1.60. The lowest BCUT2D eigenvalue weighted by molar-refractivity contribution is 0.0897. The quantitative estimate of drug-likeness (QED) is 0.339. The molecule has 4 atom stereocenters. The lowest BCUT2D eigenvalue weighted by atomic mass is 9.89. The lowest BCUT2D eigenvalue weighted by Gasteiger charge is -2.31. The van der Waals surface area contributed by atoms with Gasteiger partial charge in [-0.1, -0.05) is 106 Å². The average Bonchev–Trinajstić information content (AvgIpc) is 2.66. The zero-order chi connectivity index (χ0) is 22.4. The van der Waals surface area contributed by atoms with Crippen LogP contribution in [0.4, 0.5) is 0 Å². The smallest absolute Gasteiger partial charge is 0.235 e. The van der Waals surface area contributed by atoms with Crippen LogP contribution in [0, 0.1) is 11.8 Å². The van der Waals surface area contributed by atoms with Gasteiger partial charge in [0.15, 0.2) is 0 Å². The molecule has 5 heteroatoms. The Labute approximate surface area is 184 Å². The fraction of sp³-hybridized carbons (Fsp3) is 1.00. The van der Waals surface area contributed by atoms with Crippen LogP contribution in [-0.2, 0) is 9.05 Å². The van der Waals surface area contributed by atoms with E-state index in [1.807, 2.05) is 13.8 Å². The maximum atomic E-state index is 7.00. The third-order valence-electron chi connectivity index (χ3n) is 4.26. The summed E-state index contributed by atoms with van der Waals surface area (Å²) in [6, 6.07) is 0. The van der Waals surface area contributed by atoms with Crippen molar-refractivity contribution in [3.63, 3.8) is 0 Å². The highest BCUT2D eigenvalue weighted by Gasteiger charge is 2.26. The highest BCUT2D eigenvalue weighted by molar-refractivity contribution is 8.41. The van der Waals surface area contributed by atoms with Crippen LogP contribution in [0.3, 0.4) is 0 Å². The van der Waals surface area contributed by atoms with Crippen LogP contribution in [0.5, 0.6) is 0 Å². The number of hydrogen-bond acceptors (Lipinski definition) is 4. The van der Waals surface area contributed by atoms with E-state index in [-0.39, 0.29) is 0 Å². The van der Waals surface area contributed by atoms with E-state index in [1.54, 1.807) is 0 Å². The van der Waals surface area contributed by atoms with Gasteiger partial charge in [-0.3, -0.25) is 0 Å². The van der Waals surface area contributed by atoms with Crippen LogP contribution in [-0.4, -0.2) is 24.4 Å². The SMILES string of the molecule is CC.CC1CCCC(OP(S)OC2CCCC(C)C2)C1.CCC.CCC.CO. The molecule has 0 radical (unpaired) electrons. The largest absolute Gasteiger partial charge is 0.400 e. The van der Waals surface area contributed by atoms with Crippen LogP contribution in [0.15, 0.2) is 0 Å². The molecular weight excluding hydrogens is 387 g/mol. The number of rotatable bonds is 4. The van der Waals surface area contributed by atoms with Crippen LogP contribution in [0.1, 0.15) is 120 Å². The van der Waals surface area contributed by atoms with E-state index in [0.29, 0.717) is 12.2 Å². The second-order valence-electron chi connectivity index (χ2n) is 7.65. The van der Waals surface area contributed by atoms with Crippen molar-refractivity contribution in [2.45, 2.75) is 132 Å². The van der Waals surface area contributed by atoms with E-state index >= 15 is 0 Å². The van der Waals surface area contributed by atoms with E-state index in [0.717, 1.165) is 18.9 Å². The fourth-order valence-corrected chi connectivity index (χ4v) is 4.97. The summed E-state index contributed by atoms with van der Waals surface area (Å²) < 4.78 is 12.0. The van der Waals surface area contributed by atoms with E-state index < -0.39 is 7.58 Å². The first-order chi connectivity index (χ1) is 13.5. The fourth-order valence-electron chi connectivity index (χ4n) is 3.23. The van der Waals surface area contributed by atoms with Gasteiger partial charge in [-0.15, -0.1) is 0 Å². The first-order valence-electron chi connectivity index (χ1n) is 11.7. The average molecular weight is 441 g/mol. The van der Waals surface area contributed by atoms with Gasteiger partial charge >= 0.3 is 0 Å². The Morgan fingerprint density at radius 3 is 1.29 bits per heavy atom. The van der Waals surface area contributed by atoms with Gasteiger partial charge in [0.2, 0.25) is 7.58 Å². The Morgan fingerprint density at radius 2 is 1.04 bits per heavy atom. The van der Waals surface area contributed by atoms with E-state index in [1.165, 1.54) is 64.2 Å². The van der Waals surface area contributed by atoms with Crippen molar-refractivity contribution in [2.75, 3.05) is 7.11 Å². The molecule has 0 spiro atoms. The molecule has 174 valence electrons. The molecule has 0 aromatic carbocycles. The molecule has 2 fully saturated rings. The van der Waals surface area contributed by atoms with Gasteiger partial charge < -0.3 is 14.2 Å². The van der Waals surface area contributed by atoms with Gasteiger partial charge in [0.05, 0.1) is 12.2 Å². The molecule has 0 amide bonds. The molecule has 2 aliphatic carbocycles. The first kappa shape index (κ1) is 33.3. The predicted octanol–water partition coefficient (Wildman–Crippen LogP) is 8.80. The maximum Gasteiger partial charge on any atom is 0.235 e. The van der Waals surface area contributed by atoms with Crippen molar-refractivity contribution in [1.29, 1.82) is 0 Å². The van der Waals surface area contributed by atoms with E-state index in [4.69, 9.17) is 14.2 Å². The van der Waals surface area contributed by atoms with Crippen molar-refractivity contribution in [2.24, 2.45) is 11.8 Å². The molecule has 4 unspecified atom stereocenters. The molecule has 0 aromatic rings. The van der Waals surface area contributed by atoms with Crippen LogP contribution >= 0.6 is 19.8 Å². The summed E-state index contributed by atoms with van der Waals surface area (Å²) in [6.45, 7) is 17.1. The second-order valence-corrected chi connectivity index (χ2v) is 9.53. The van der Waals surface area contributed by atoms with Gasteiger partial charge in [0, 0.05) is 7.11 Å². The summed E-state index contributed by atoms with van der Waals surface area (Å²) in [4.78, 5) is 0. The number of aliphatic hydroxyl groups excluding tert-OH is 1.